The first-order valence-electron chi connectivity index (χ1n) is 5.12. The van der Waals surface area contributed by atoms with Gasteiger partial charge in [0, 0.05) is 20.0 Å². The van der Waals surface area contributed by atoms with Crippen LogP contribution in [0.4, 0.5) is 5.69 Å². The molecule has 0 radical (unpaired) electrons. The number of benzene rings is 2. The molecule has 0 bridgehead atoms. The van der Waals surface area contributed by atoms with Crippen molar-refractivity contribution < 1.29 is 9.90 Å². The Morgan fingerprint density at radius 2 is 1.72 bits per heavy atom. The monoisotopic (exact) mass is 323 g/mol. The fourth-order valence-electron chi connectivity index (χ4n) is 1.44. The molecular formula is C13H10BrNO2S. The topological polar surface area (TPSA) is 63.3 Å². The Labute approximate surface area is 117 Å². The van der Waals surface area contributed by atoms with Crippen molar-refractivity contribution in [3.05, 3.63) is 52.5 Å². The predicted molar refractivity (Wildman–Crippen MR) is 76.1 cm³/mol. The van der Waals surface area contributed by atoms with E-state index in [-0.39, 0.29) is 11.3 Å². The maximum atomic E-state index is 10.8. The van der Waals surface area contributed by atoms with E-state index in [4.69, 9.17) is 10.8 Å². The van der Waals surface area contributed by atoms with Crippen LogP contribution in [-0.2, 0) is 0 Å². The minimum atomic E-state index is -1.01. The van der Waals surface area contributed by atoms with Crippen molar-refractivity contribution in [1.82, 2.24) is 0 Å². The van der Waals surface area contributed by atoms with Gasteiger partial charge >= 0.3 is 5.97 Å². The first kappa shape index (κ1) is 13.0. The number of anilines is 1. The van der Waals surface area contributed by atoms with Gasteiger partial charge in [-0.2, -0.15) is 0 Å². The van der Waals surface area contributed by atoms with Gasteiger partial charge < -0.3 is 10.8 Å². The minimum Gasteiger partial charge on any atom is -0.478 e. The van der Waals surface area contributed by atoms with E-state index in [1.165, 1.54) is 17.8 Å². The summed E-state index contributed by atoms with van der Waals surface area (Å²) in [5, 5.41) is 8.88. The summed E-state index contributed by atoms with van der Waals surface area (Å²) >= 11 is 4.91. The molecule has 0 aliphatic carbocycles. The highest BCUT2D eigenvalue weighted by Gasteiger charge is 2.08. The van der Waals surface area contributed by atoms with Crippen molar-refractivity contribution in [3.63, 3.8) is 0 Å². The number of hydrogen-bond donors (Lipinski definition) is 2. The molecule has 0 unspecified atom stereocenters. The molecule has 18 heavy (non-hydrogen) atoms. The smallest absolute Gasteiger partial charge is 0.337 e. The molecule has 0 saturated heterocycles. The average Bonchev–Trinajstić information content (AvgIpc) is 2.32. The molecule has 2 aromatic carbocycles. The number of halogens is 1. The van der Waals surface area contributed by atoms with E-state index in [9.17, 15) is 4.79 Å². The summed E-state index contributed by atoms with van der Waals surface area (Å²) in [6, 6.07) is 12.8. The summed E-state index contributed by atoms with van der Waals surface area (Å²) in [7, 11) is 0. The molecule has 2 aromatic rings. The number of nitrogen functional groups attached to an aromatic ring is 1. The Kier molecular flexibility index (Phi) is 3.93. The van der Waals surface area contributed by atoms with Crippen LogP contribution in [0.25, 0.3) is 0 Å². The van der Waals surface area contributed by atoms with Gasteiger partial charge in [0.05, 0.1) is 5.56 Å². The van der Waals surface area contributed by atoms with E-state index in [2.05, 4.69) is 15.9 Å². The molecule has 0 atom stereocenters. The fourth-order valence-corrected chi connectivity index (χ4v) is 2.57. The third-order valence-corrected chi connectivity index (χ3v) is 3.83. The summed E-state index contributed by atoms with van der Waals surface area (Å²) in [5.41, 5.74) is 6.11. The van der Waals surface area contributed by atoms with Crippen molar-refractivity contribution in [2.45, 2.75) is 9.79 Å². The van der Waals surface area contributed by atoms with E-state index < -0.39 is 5.97 Å². The van der Waals surface area contributed by atoms with Gasteiger partial charge in [0.1, 0.15) is 0 Å². The zero-order valence-electron chi connectivity index (χ0n) is 9.26. The lowest BCUT2D eigenvalue weighted by Gasteiger charge is -2.05. The molecule has 0 aliphatic rings. The Balaban J connectivity index is 2.22. The molecule has 0 aliphatic heterocycles. The molecule has 92 valence electrons. The van der Waals surface area contributed by atoms with Gasteiger partial charge in [-0.1, -0.05) is 27.7 Å². The van der Waals surface area contributed by atoms with Crippen molar-refractivity contribution in [3.8, 4) is 0 Å². The number of nitrogens with two attached hydrogens (primary N) is 1. The number of hydrogen-bond acceptors (Lipinski definition) is 3. The summed E-state index contributed by atoms with van der Waals surface area (Å²) < 4.78 is 1.02. The zero-order chi connectivity index (χ0) is 13.1. The maximum Gasteiger partial charge on any atom is 0.337 e. The number of aromatic carboxylic acids is 1. The SMILES string of the molecule is Nc1cc(Sc2ccc(Br)cc2)ccc1C(=O)O. The molecule has 2 rings (SSSR count). The third kappa shape index (κ3) is 3.05. The fraction of sp³-hybridized carbons (Fsp3) is 0. The summed E-state index contributed by atoms with van der Waals surface area (Å²) in [6.07, 6.45) is 0. The van der Waals surface area contributed by atoms with E-state index >= 15 is 0 Å². The second-order valence-electron chi connectivity index (χ2n) is 3.61. The third-order valence-electron chi connectivity index (χ3n) is 2.30. The number of carboxylic acids is 1. The Hall–Kier alpha value is -1.46. The molecular weight excluding hydrogens is 314 g/mol. The number of carbonyl (C=O) groups is 1. The van der Waals surface area contributed by atoms with Gasteiger partial charge in [-0.3, -0.25) is 0 Å². The maximum absolute atomic E-state index is 10.8. The van der Waals surface area contributed by atoms with E-state index in [0.29, 0.717) is 0 Å². The van der Waals surface area contributed by atoms with Gasteiger partial charge in [-0.15, -0.1) is 0 Å². The van der Waals surface area contributed by atoms with Gasteiger partial charge in [-0.05, 0) is 42.5 Å². The standard InChI is InChI=1S/C13H10BrNO2S/c14-8-1-3-9(4-2-8)18-10-5-6-11(13(16)17)12(15)7-10/h1-7H,15H2,(H,16,17). The predicted octanol–water partition coefficient (Wildman–Crippen LogP) is 3.88. The number of carboxylic acid groups (broad SMARTS) is 1. The van der Waals surface area contributed by atoms with Crippen LogP contribution < -0.4 is 5.73 Å². The van der Waals surface area contributed by atoms with Crippen LogP contribution >= 0.6 is 27.7 Å². The number of rotatable bonds is 3. The molecule has 5 heteroatoms. The van der Waals surface area contributed by atoms with Crippen LogP contribution in [0.2, 0.25) is 0 Å². The highest BCUT2D eigenvalue weighted by atomic mass is 79.9. The highest BCUT2D eigenvalue weighted by Crippen LogP contribution is 2.30. The second kappa shape index (κ2) is 5.46. The Morgan fingerprint density at radius 3 is 2.28 bits per heavy atom. The van der Waals surface area contributed by atoms with Gasteiger partial charge in [0.2, 0.25) is 0 Å². The lowest BCUT2D eigenvalue weighted by atomic mass is 10.2. The van der Waals surface area contributed by atoms with E-state index in [1.54, 1.807) is 12.1 Å². The van der Waals surface area contributed by atoms with Gasteiger partial charge in [-0.25, -0.2) is 4.79 Å². The van der Waals surface area contributed by atoms with Crippen LogP contribution in [-0.4, -0.2) is 11.1 Å². The normalized spacial score (nSPS) is 10.3. The van der Waals surface area contributed by atoms with Gasteiger partial charge in [0.25, 0.3) is 0 Å². The molecule has 3 N–H and O–H groups in total. The molecule has 0 spiro atoms. The largest absolute Gasteiger partial charge is 0.478 e. The van der Waals surface area contributed by atoms with Crippen LogP contribution in [0, 0.1) is 0 Å². The van der Waals surface area contributed by atoms with Crippen molar-refractivity contribution in [2.24, 2.45) is 0 Å². The van der Waals surface area contributed by atoms with Crippen molar-refractivity contribution >= 4 is 39.3 Å². The van der Waals surface area contributed by atoms with E-state index in [1.807, 2.05) is 24.3 Å². The highest BCUT2D eigenvalue weighted by molar-refractivity contribution is 9.10. The molecule has 0 saturated carbocycles. The molecule has 0 amide bonds. The Morgan fingerprint density at radius 1 is 1.11 bits per heavy atom. The zero-order valence-corrected chi connectivity index (χ0v) is 11.7. The van der Waals surface area contributed by atoms with Gasteiger partial charge in [0.15, 0.2) is 0 Å². The Bertz CT molecular complexity index is 584. The lowest BCUT2D eigenvalue weighted by molar-refractivity contribution is 0.0698. The molecule has 0 aromatic heterocycles. The molecule has 0 heterocycles. The second-order valence-corrected chi connectivity index (χ2v) is 5.67. The first-order valence-corrected chi connectivity index (χ1v) is 6.73. The molecule has 3 nitrogen and oxygen atoms in total. The van der Waals surface area contributed by atoms with Crippen molar-refractivity contribution in [1.29, 1.82) is 0 Å². The first-order chi connectivity index (χ1) is 8.56. The van der Waals surface area contributed by atoms with Crippen molar-refractivity contribution in [2.75, 3.05) is 5.73 Å². The molecule has 0 fully saturated rings. The quantitative estimate of drug-likeness (QED) is 0.841. The summed E-state index contributed by atoms with van der Waals surface area (Å²) in [4.78, 5) is 12.8. The van der Waals surface area contributed by atoms with Crippen LogP contribution in [0.3, 0.4) is 0 Å². The summed E-state index contributed by atoms with van der Waals surface area (Å²) in [5.74, 6) is -1.01. The van der Waals surface area contributed by atoms with Crippen LogP contribution in [0.15, 0.2) is 56.7 Å². The summed E-state index contributed by atoms with van der Waals surface area (Å²) in [6.45, 7) is 0. The van der Waals surface area contributed by atoms with Crippen LogP contribution in [0.1, 0.15) is 10.4 Å². The lowest BCUT2D eigenvalue weighted by Crippen LogP contribution is -2.01. The van der Waals surface area contributed by atoms with E-state index in [0.717, 1.165) is 14.3 Å². The van der Waals surface area contributed by atoms with Crippen LogP contribution in [0.5, 0.6) is 0 Å². The minimum absolute atomic E-state index is 0.134. The average molecular weight is 324 g/mol.